The fourth-order valence-corrected chi connectivity index (χ4v) is 1.32. The lowest BCUT2D eigenvalue weighted by Gasteiger charge is -2.15. The van der Waals surface area contributed by atoms with Crippen molar-refractivity contribution >= 4 is 0 Å². The predicted molar refractivity (Wildman–Crippen MR) is 53.5 cm³/mol. The summed E-state index contributed by atoms with van der Waals surface area (Å²) in [4.78, 5) is 11.7. The number of aryl methyl sites for hydroxylation is 1. The van der Waals surface area contributed by atoms with Gasteiger partial charge in [0.1, 0.15) is 17.9 Å². The molecule has 1 N–H and O–H groups in total. The zero-order chi connectivity index (χ0) is 11.6. The van der Waals surface area contributed by atoms with Crippen LogP contribution in [0.5, 0.6) is 5.88 Å². The first-order valence-electron chi connectivity index (χ1n) is 4.41. The monoisotopic (exact) mass is 208 g/mol. The van der Waals surface area contributed by atoms with Crippen LogP contribution in [0.2, 0.25) is 0 Å². The number of hydrogen-bond acceptors (Lipinski definition) is 4. The molecule has 5 nitrogen and oxygen atoms in total. The number of hydrogen-bond donors (Lipinski definition) is 1. The van der Waals surface area contributed by atoms with E-state index < -0.39 is 11.8 Å². The highest BCUT2D eigenvalue weighted by atomic mass is 16.5. The Hall–Kier alpha value is -1.80. The maximum absolute atomic E-state index is 11.7. The molecule has 1 rings (SSSR count). The fourth-order valence-electron chi connectivity index (χ4n) is 1.32. The summed E-state index contributed by atoms with van der Waals surface area (Å²) < 4.78 is 5.96. The summed E-state index contributed by atoms with van der Waals surface area (Å²) in [5.74, 6) is -0.203. The van der Waals surface area contributed by atoms with Crippen LogP contribution < -0.4 is 5.56 Å². The van der Waals surface area contributed by atoms with E-state index in [-0.39, 0.29) is 11.4 Å². The Balaban J connectivity index is 3.55. The quantitative estimate of drug-likeness (QED) is 0.783. The molecular weight excluding hydrogens is 196 g/mol. The second kappa shape index (κ2) is 4.15. The molecule has 5 heteroatoms. The minimum atomic E-state index is -0.606. The van der Waals surface area contributed by atoms with Crippen LogP contribution in [0.3, 0.4) is 0 Å². The van der Waals surface area contributed by atoms with Crippen molar-refractivity contribution in [3.8, 4) is 11.9 Å². The third-order valence-electron chi connectivity index (χ3n) is 2.24. The molecular formula is C10H12N2O3. The zero-order valence-electron chi connectivity index (χ0n) is 8.81. The van der Waals surface area contributed by atoms with E-state index in [1.807, 2.05) is 6.07 Å². The smallest absolute Gasteiger partial charge is 0.273 e. The van der Waals surface area contributed by atoms with Crippen LogP contribution in [-0.2, 0) is 4.74 Å². The lowest BCUT2D eigenvalue weighted by atomic mass is 10.1. The molecule has 0 radical (unpaired) electrons. The number of ether oxygens (including phenoxy) is 1. The Morgan fingerprint density at radius 3 is 2.73 bits per heavy atom. The second-order valence-electron chi connectivity index (χ2n) is 3.18. The highest BCUT2D eigenvalue weighted by Crippen LogP contribution is 2.16. The lowest BCUT2D eigenvalue weighted by molar-refractivity contribution is 0.0509. The van der Waals surface area contributed by atoms with Crippen LogP contribution in [0.4, 0.5) is 0 Å². The van der Waals surface area contributed by atoms with E-state index in [2.05, 4.69) is 0 Å². The Kier molecular flexibility index (Phi) is 3.12. The molecule has 0 bridgehead atoms. The van der Waals surface area contributed by atoms with Gasteiger partial charge in [-0.15, -0.1) is 0 Å². The first kappa shape index (κ1) is 11.3. The van der Waals surface area contributed by atoms with E-state index in [1.54, 1.807) is 13.8 Å². The van der Waals surface area contributed by atoms with Crippen LogP contribution in [0.25, 0.3) is 0 Å². The summed E-state index contributed by atoms with van der Waals surface area (Å²) in [5.41, 5.74) is -0.0550. The molecule has 80 valence electrons. The van der Waals surface area contributed by atoms with Crippen molar-refractivity contribution in [2.24, 2.45) is 0 Å². The summed E-state index contributed by atoms with van der Waals surface area (Å²) in [5, 5.41) is 18.4. The van der Waals surface area contributed by atoms with Crippen molar-refractivity contribution in [2.45, 2.75) is 20.1 Å². The van der Waals surface area contributed by atoms with Crippen molar-refractivity contribution < 1.29 is 9.84 Å². The number of aromatic nitrogens is 1. The van der Waals surface area contributed by atoms with Crippen molar-refractivity contribution in [3.63, 3.8) is 0 Å². The van der Waals surface area contributed by atoms with Gasteiger partial charge in [0, 0.05) is 13.2 Å². The average Bonchev–Trinajstić information content (AvgIpc) is 2.17. The molecule has 0 aliphatic heterocycles. The van der Waals surface area contributed by atoms with E-state index in [9.17, 15) is 9.90 Å². The fraction of sp³-hybridized carbons (Fsp3) is 0.400. The first-order chi connectivity index (χ1) is 7.02. The SMILES string of the molecule is COC(C)n1c(O)cc(C)c(C#N)c1=O. The number of pyridine rings is 1. The minimum Gasteiger partial charge on any atom is -0.494 e. The highest BCUT2D eigenvalue weighted by molar-refractivity contribution is 5.37. The second-order valence-corrected chi connectivity index (χ2v) is 3.18. The number of aromatic hydroxyl groups is 1. The van der Waals surface area contributed by atoms with Crippen LogP contribution in [0.1, 0.15) is 24.3 Å². The number of nitrogens with zero attached hydrogens (tertiary/aromatic N) is 2. The maximum Gasteiger partial charge on any atom is 0.273 e. The molecule has 0 saturated heterocycles. The van der Waals surface area contributed by atoms with Gasteiger partial charge in [-0.2, -0.15) is 5.26 Å². The third kappa shape index (κ3) is 1.85. The van der Waals surface area contributed by atoms with Crippen molar-refractivity contribution in [2.75, 3.05) is 7.11 Å². The molecule has 1 unspecified atom stereocenters. The van der Waals surface area contributed by atoms with Gasteiger partial charge in [0.05, 0.1) is 0 Å². The van der Waals surface area contributed by atoms with Gasteiger partial charge >= 0.3 is 0 Å². The van der Waals surface area contributed by atoms with Gasteiger partial charge in [-0.1, -0.05) is 0 Å². The lowest BCUT2D eigenvalue weighted by Crippen LogP contribution is -2.27. The molecule has 15 heavy (non-hydrogen) atoms. The Bertz CT molecular complexity index is 471. The standard InChI is InChI=1S/C10H12N2O3/c1-6-4-9(13)12(7(2)15-3)10(14)8(6)5-11/h4,7,13H,1-3H3. The van der Waals surface area contributed by atoms with E-state index in [0.29, 0.717) is 5.56 Å². The van der Waals surface area contributed by atoms with Gasteiger partial charge in [0.25, 0.3) is 5.56 Å². The number of nitriles is 1. The van der Waals surface area contributed by atoms with Crippen LogP contribution >= 0.6 is 0 Å². The topological polar surface area (TPSA) is 75.2 Å². The Morgan fingerprint density at radius 1 is 1.67 bits per heavy atom. The molecule has 1 atom stereocenters. The minimum absolute atomic E-state index is 0.0247. The molecule has 1 heterocycles. The molecule has 0 saturated carbocycles. The van der Waals surface area contributed by atoms with Crippen LogP contribution in [0, 0.1) is 18.3 Å². The maximum atomic E-state index is 11.7. The summed E-state index contributed by atoms with van der Waals surface area (Å²) in [6, 6.07) is 3.18. The summed E-state index contributed by atoms with van der Waals surface area (Å²) in [6.07, 6.45) is -0.606. The Labute approximate surface area is 87.1 Å². The van der Waals surface area contributed by atoms with Crippen molar-refractivity contribution in [1.82, 2.24) is 4.57 Å². The van der Waals surface area contributed by atoms with Gasteiger partial charge < -0.3 is 9.84 Å². The Morgan fingerprint density at radius 2 is 2.27 bits per heavy atom. The van der Waals surface area contributed by atoms with Crippen LogP contribution in [-0.4, -0.2) is 16.8 Å². The molecule has 0 amide bonds. The zero-order valence-corrected chi connectivity index (χ0v) is 8.81. The van der Waals surface area contributed by atoms with E-state index in [0.717, 1.165) is 4.57 Å². The van der Waals surface area contributed by atoms with E-state index >= 15 is 0 Å². The van der Waals surface area contributed by atoms with Crippen molar-refractivity contribution in [1.29, 1.82) is 5.26 Å². The molecule has 1 aromatic rings. The van der Waals surface area contributed by atoms with Gasteiger partial charge in [-0.3, -0.25) is 9.36 Å². The highest BCUT2D eigenvalue weighted by Gasteiger charge is 2.15. The average molecular weight is 208 g/mol. The van der Waals surface area contributed by atoms with Gasteiger partial charge in [0.15, 0.2) is 5.88 Å². The number of rotatable bonds is 2. The van der Waals surface area contributed by atoms with Gasteiger partial charge in [-0.25, -0.2) is 0 Å². The molecule has 1 aromatic heterocycles. The predicted octanol–water partition coefficient (Wildman–Crippen LogP) is 0.899. The summed E-state index contributed by atoms with van der Waals surface area (Å²) in [6.45, 7) is 3.21. The van der Waals surface area contributed by atoms with Crippen LogP contribution in [0.15, 0.2) is 10.9 Å². The molecule has 0 aliphatic carbocycles. The largest absolute Gasteiger partial charge is 0.494 e. The molecule has 0 aliphatic rings. The van der Waals surface area contributed by atoms with E-state index in [4.69, 9.17) is 10.00 Å². The molecule has 0 fully saturated rings. The summed E-state index contributed by atoms with van der Waals surface area (Å²) >= 11 is 0. The summed E-state index contributed by atoms with van der Waals surface area (Å²) in [7, 11) is 1.42. The number of methoxy groups -OCH3 is 1. The van der Waals surface area contributed by atoms with E-state index in [1.165, 1.54) is 13.2 Å². The molecule has 0 spiro atoms. The molecule has 0 aromatic carbocycles. The first-order valence-corrected chi connectivity index (χ1v) is 4.41. The third-order valence-corrected chi connectivity index (χ3v) is 2.24. The van der Waals surface area contributed by atoms with Gasteiger partial charge in [0.2, 0.25) is 0 Å². The van der Waals surface area contributed by atoms with Gasteiger partial charge in [-0.05, 0) is 19.4 Å². The normalized spacial score (nSPS) is 12.1. The van der Waals surface area contributed by atoms with Crippen molar-refractivity contribution in [3.05, 3.63) is 27.5 Å².